The van der Waals surface area contributed by atoms with Gasteiger partial charge in [-0.3, -0.25) is 0 Å². The van der Waals surface area contributed by atoms with E-state index in [1.807, 2.05) is 0 Å². The SMILES string of the molecule is [Fe].[Mo+6].[O-2].[O-2].[O-2]. The van der Waals surface area contributed by atoms with Crippen molar-refractivity contribution in [2.45, 2.75) is 0 Å². The minimum Gasteiger partial charge on any atom is -2.00 e. The zero-order chi connectivity index (χ0) is 0. The van der Waals surface area contributed by atoms with Gasteiger partial charge in [0.05, 0.1) is 0 Å². The molecule has 0 aliphatic rings. The van der Waals surface area contributed by atoms with Crippen LogP contribution in [0.2, 0.25) is 0 Å². The van der Waals surface area contributed by atoms with E-state index < -0.39 is 0 Å². The third-order valence-corrected chi connectivity index (χ3v) is 0. The molecule has 0 fully saturated rings. The maximum Gasteiger partial charge on any atom is 6.00 e. The molecule has 0 saturated carbocycles. The third-order valence-electron chi connectivity index (χ3n) is 0. The van der Waals surface area contributed by atoms with Crippen LogP contribution in [0.1, 0.15) is 0 Å². The second-order valence-electron chi connectivity index (χ2n) is 0. The van der Waals surface area contributed by atoms with E-state index in [0.717, 1.165) is 0 Å². The Morgan fingerprint density at radius 1 is 0.600 bits per heavy atom. The summed E-state index contributed by atoms with van der Waals surface area (Å²) < 4.78 is 0. The molecule has 5 heteroatoms. The molecule has 0 atom stereocenters. The van der Waals surface area contributed by atoms with E-state index >= 15 is 0 Å². The van der Waals surface area contributed by atoms with Gasteiger partial charge in [-0.1, -0.05) is 0 Å². The van der Waals surface area contributed by atoms with Crippen molar-refractivity contribution < 1.29 is 54.6 Å². The Morgan fingerprint density at radius 2 is 0.600 bits per heavy atom. The van der Waals surface area contributed by atoms with E-state index in [1.54, 1.807) is 0 Å². The monoisotopic (exact) mass is 202 g/mol. The Kier molecular flexibility index (Phi) is 1910. The van der Waals surface area contributed by atoms with Gasteiger partial charge in [-0.05, 0) is 0 Å². The molecule has 32 valence electrons. The summed E-state index contributed by atoms with van der Waals surface area (Å²) in [6.45, 7) is 0. The van der Waals surface area contributed by atoms with Crippen LogP contribution in [-0.2, 0) is 54.6 Å². The summed E-state index contributed by atoms with van der Waals surface area (Å²) in [6, 6.07) is 0. The Bertz CT molecular complexity index is 6.85. The van der Waals surface area contributed by atoms with E-state index in [9.17, 15) is 0 Å². The molecule has 0 aromatic rings. The summed E-state index contributed by atoms with van der Waals surface area (Å²) in [5.74, 6) is 0. The van der Waals surface area contributed by atoms with Crippen LogP contribution in [-0.4, -0.2) is 0 Å². The average molecular weight is 200 g/mol. The van der Waals surface area contributed by atoms with Gasteiger partial charge in [0.15, 0.2) is 0 Å². The van der Waals surface area contributed by atoms with Gasteiger partial charge in [0.2, 0.25) is 0 Å². The van der Waals surface area contributed by atoms with Gasteiger partial charge >= 0.3 is 21.1 Å². The average Bonchev–Trinajstić information content (AvgIpc) is 0. The molecule has 0 aliphatic carbocycles. The predicted molar refractivity (Wildman–Crippen MR) is 2.06 cm³/mol. The van der Waals surface area contributed by atoms with Crippen molar-refractivity contribution >= 4 is 0 Å². The van der Waals surface area contributed by atoms with Crippen LogP contribution in [0.3, 0.4) is 0 Å². The van der Waals surface area contributed by atoms with E-state index in [-0.39, 0.29) is 54.6 Å². The summed E-state index contributed by atoms with van der Waals surface area (Å²) in [7, 11) is 0. The second-order valence-corrected chi connectivity index (χ2v) is 0. The first-order chi connectivity index (χ1) is 0. The van der Waals surface area contributed by atoms with Crippen LogP contribution >= 0.6 is 0 Å². The topological polar surface area (TPSA) is 85.5 Å². The summed E-state index contributed by atoms with van der Waals surface area (Å²) in [5.41, 5.74) is 0. The van der Waals surface area contributed by atoms with Crippen LogP contribution in [0.4, 0.5) is 0 Å². The fourth-order valence-corrected chi connectivity index (χ4v) is 0. The van der Waals surface area contributed by atoms with Gasteiger partial charge in [-0.25, -0.2) is 0 Å². The number of rotatable bonds is 0. The number of hydrogen-bond donors (Lipinski definition) is 0. The van der Waals surface area contributed by atoms with Gasteiger partial charge in [0.25, 0.3) is 0 Å². The van der Waals surface area contributed by atoms with Crippen LogP contribution < -0.4 is 0 Å². The summed E-state index contributed by atoms with van der Waals surface area (Å²) in [5, 5.41) is 0. The molecular weight excluding hydrogens is 200 g/mol. The molecule has 0 radical (unpaired) electrons. The zero-order valence-corrected chi connectivity index (χ0v) is 5.10. The largest absolute Gasteiger partial charge is 6.00 e. The summed E-state index contributed by atoms with van der Waals surface area (Å²) in [6.07, 6.45) is 0. The molecular formula is FeMoO3. The first-order valence-corrected chi connectivity index (χ1v) is 0. The molecule has 0 unspecified atom stereocenters. The molecule has 0 N–H and O–H groups in total. The number of hydrogen-bond acceptors (Lipinski definition) is 0. The molecule has 5 heavy (non-hydrogen) atoms. The van der Waals surface area contributed by atoms with Crippen molar-refractivity contribution in [3.05, 3.63) is 0 Å². The molecule has 0 heterocycles. The van der Waals surface area contributed by atoms with Crippen molar-refractivity contribution in [2.24, 2.45) is 0 Å². The first-order valence-electron chi connectivity index (χ1n) is 0. The molecule has 0 aliphatic heterocycles. The molecule has 0 spiro atoms. The van der Waals surface area contributed by atoms with Crippen LogP contribution in [0, 0.1) is 0 Å². The summed E-state index contributed by atoms with van der Waals surface area (Å²) >= 11 is 0. The molecule has 0 aromatic heterocycles. The molecule has 0 bridgehead atoms. The van der Waals surface area contributed by atoms with E-state index in [1.165, 1.54) is 0 Å². The van der Waals surface area contributed by atoms with Gasteiger partial charge in [-0.15, -0.1) is 0 Å². The fourth-order valence-electron chi connectivity index (χ4n) is 0. The third kappa shape index (κ3) is 41.0. The van der Waals surface area contributed by atoms with Crippen molar-refractivity contribution in [2.75, 3.05) is 0 Å². The molecule has 0 aromatic carbocycles. The second kappa shape index (κ2) is 71.8. The van der Waals surface area contributed by atoms with Crippen molar-refractivity contribution in [3.63, 3.8) is 0 Å². The van der Waals surface area contributed by atoms with Crippen molar-refractivity contribution in [1.29, 1.82) is 0 Å². The van der Waals surface area contributed by atoms with Crippen molar-refractivity contribution in [3.8, 4) is 0 Å². The van der Waals surface area contributed by atoms with Gasteiger partial charge < -0.3 is 16.4 Å². The fraction of sp³-hybridized carbons (Fsp3) is 0. The van der Waals surface area contributed by atoms with Gasteiger partial charge in [0.1, 0.15) is 0 Å². The Labute approximate surface area is 54.8 Å². The van der Waals surface area contributed by atoms with Crippen LogP contribution in [0.5, 0.6) is 0 Å². The predicted octanol–water partition coefficient (Wildman–Crippen LogP) is -0.361. The zero-order valence-electron chi connectivity index (χ0n) is 1.99. The minimum absolute atomic E-state index is 0. The maximum absolute atomic E-state index is 0. The molecule has 0 rings (SSSR count). The minimum atomic E-state index is 0. The van der Waals surface area contributed by atoms with E-state index in [2.05, 4.69) is 0 Å². The quantitative estimate of drug-likeness (QED) is 0.478. The van der Waals surface area contributed by atoms with Gasteiger partial charge in [-0.2, -0.15) is 0 Å². The Morgan fingerprint density at radius 3 is 0.600 bits per heavy atom. The van der Waals surface area contributed by atoms with E-state index in [0.29, 0.717) is 0 Å². The first kappa shape index (κ1) is 133. The normalized spacial score (nSPS) is 0. The summed E-state index contributed by atoms with van der Waals surface area (Å²) in [4.78, 5) is 0. The van der Waals surface area contributed by atoms with Gasteiger partial charge in [0, 0.05) is 17.1 Å². The van der Waals surface area contributed by atoms with Crippen molar-refractivity contribution in [1.82, 2.24) is 0 Å². The maximum atomic E-state index is 0. The standard InChI is InChI=1S/Fe.Mo.3O/q;+6;3*-2. The van der Waals surface area contributed by atoms with E-state index in [4.69, 9.17) is 0 Å². The Hall–Kier alpha value is 1.09. The van der Waals surface area contributed by atoms with Crippen LogP contribution in [0.25, 0.3) is 0 Å². The molecule has 0 amide bonds. The molecule has 3 nitrogen and oxygen atoms in total. The smallest absolute Gasteiger partial charge is 2.00 e. The van der Waals surface area contributed by atoms with Crippen LogP contribution in [0.15, 0.2) is 0 Å². The Balaban J connectivity index is 0. The molecule has 0 saturated heterocycles.